The minimum atomic E-state index is -0.403. The lowest BCUT2D eigenvalue weighted by Gasteiger charge is -2.30. The number of nitrogens with zero attached hydrogens (tertiary/aromatic N) is 2. The molecule has 1 fully saturated rings. The number of ether oxygens (including phenoxy) is 3. The Balaban J connectivity index is 1.48. The third kappa shape index (κ3) is 2.28. The fraction of sp³-hybridized carbons (Fsp3) is 0.250. The molecular weight excluding hydrogens is 380 g/mol. The van der Waals surface area contributed by atoms with Gasteiger partial charge in [-0.3, -0.25) is 5.01 Å². The Kier molecular flexibility index (Phi) is 3.67. The minimum Gasteiger partial charge on any atom is -0.497 e. The van der Waals surface area contributed by atoms with Crippen LogP contribution in [0.3, 0.4) is 0 Å². The van der Waals surface area contributed by atoms with Gasteiger partial charge in [-0.2, -0.15) is 5.10 Å². The maximum absolute atomic E-state index is 12.6. The zero-order valence-corrected chi connectivity index (χ0v) is 16.6. The molecule has 3 aromatic rings. The van der Waals surface area contributed by atoms with Crippen molar-refractivity contribution >= 4 is 28.1 Å². The minimum absolute atomic E-state index is 0.0915. The summed E-state index contributed by atoms with van der Waals surface area (Å²) in [7, 11) is 3.03. The molecule has 150 valence electrons. The number of benzene rings is 3. The first-order valence-corrected chi connectivity index (χ1v) is 9.98. The molecule has 6 rings (SSSR count). The van der Waals surface area contributed by atoms with E-state index in [0.29, 0.717) is 5.71 Å². The van der Waals surface area contributed by atoms with Crippen molar-refractivity contribution in [2.75, 3.05) is 19.2 Å². The summed E-state index contributed by atoms with van der Waals surface area (Å²) in [5.41, 5.74) is 3.64. The number of carbonyl (C=O) groups is 1. The number of methoxy groups -OCH3 is 2. The first kappa shape index (κ1) is 17.5. The van der Waals surface area contributed by atoms with Crippen LogP contribution in [0.15, 0.2) is 65.8 Å². The summed E-state index contributed by atoms with van der Waals surface area (Å²) in [6.45, 7) is 0. The number of hydrazone groups is 1. The standard InChI is InChI=1S/C24H20N2O4/c1-28-16-9-7-15(8-10-16)26-21-19(20(25-26)24(27)29-2)22-17-11-13-5-3-4-6-14(13)12-18(17)23(21)30-22/h3-12,19,21-23H,1-2H3/t19?,21?,22-,23+/m0/s1. The molecule has 0 saturated carbocycles. The molecule has 0 radical (unpaired) electrons. The average Bonchev–Trinajstić information content (AvgIpc) is 3.47. The third-order valence-corrected chi connectivity index (χ3v) is 6.41. The van der Waals surface area contributed by atoms with E-state index in [4.69, 9.17) is 19.3 Å². The van der Waals surface area contributed by atoms with Gasteiger partial charge in [-0.25, -0.2) is 4.79 Å². The van der Waals surface area contributed by atoms with E-state index in [-0.39, 0.29) is 24.2 Å². The number of fused-ring (bicyclic) bond motifs is 9. The fourth-order valence-electron chi connectivity index (χ4n) is 5.06. The van der Waals surface area contributed by atoms with Gasteiger partial charge in [-0.1, -0.05) is 24.3 Å². The third-order valence-electron chi connectivity index (χ3n) is 6.41. The molecule has 0 aliphatic carbocycles. The highest BCUT2D eigenvalue weighted by atomic mass is 16.5. The van der Waals surface area contributed by atoms with Crippen LogP contribution in [0.2, 0.25) is 0 Å². The van der Waals surface area contributed by atoms with Crippen LogP contribution in [0.4, 0.5) is 5.69 Å². The Labute approximate surface area is 173 Å². The quantitative estimate of drug-likeness (QED) is 0.622. The maximum atomic E-state index is 12.6. The van der Waals surface area contributed by atoms with Crippen molar-refractivity contribution in [3.8, 4) is 5.75 Å². The number of esters is 1. The van der Waals surface area contributed by atoms with E-state index < -0.39 is 5.97 Å². The van der Waals surface area contributed by atoms with E-state index in [1.54, 1.807) is 7.11 Å². The van der Waals surface area contributed by atoms with Crippen LogP contribution >= 0.6 is 0 Å². The van der Waals surface area contributed by atoms with Crippen LogP contribution in [-0.4, -0.2) is 31.9 Å². The largest absolute Gasteiger partial charge is 0.497 e. The molecule has 3 heterocycles. The zero-order valence-electron chi connectivity index (χ0n) is 16.6. The van der Waals surface area contributed by atoms with Crippen molar-refractivity contribution in [1.82, 2.24) is 0 Å². The van der Waals surface area contributed by atoms with Crippen LogP contribution in [-0.2, 0) is 14.3 Å². The molecule has 4 atom stereocenters. The summed E-state index contributed by atoms with van der Waals surface area (Å²) in [4.78, 5) is 12.6. The molecule has 3 aliphatic rings. The molecule has 0 amide bonds. The molecule has 0 N–H and O–H groups in total. The maximum Gasteiger partial charge on any atom is 0.354 e. The number of carbonyl (C=O) groups excluding carboxylic acids is 1. The molecule has 3 aliphatic heterocycles. The highest BCUT2D eigenvalue weighted by molar-refractivity contribution is 6.38. The van der Waals surface area contributed by atoms with Gasteiger partial charge in [0.05, 0.1) is 38.0 Å². The molecule has 1 saturated heterocycles. The second-order valence-electron chi connectivity index (χ2n) is 7.84. The van der Waals surface area contributed by atoms with E-state index in [9.17, 15) is 4.79 Å². The van der Waals surface area contributed by atoms with E-state index in [1.807, 2.05) is 41.4 Å². The van der Waals surface area contributed by atoms with Crippen LogP contribution in [0, 0.1) is 5.92 Å². The van der Waals surface area contributed by atoms with Gasteiger partial charge in [-0.15, -0.1) is 0 Å². The van der Waals surface area contributed by atoms with Crippen molar-refractivity contribution in [3.05, 3.63) is 71.8 Å². The van der Waals surface area contributed by atoms with E-state index in [0.717, 1.165) is 17.0 Å². The van der Waals surface area contributed by atoms with Gasteiger partial charge in [0.25, 0.3) is 0 Å². The van der Waals surface area contributed by atoms with Crippen molar-refractivity contribution in [2.45, 2.75) is 18.2 Å². The number of rotatable bonds is 3. The Morgan fingerprint density at radius 3 is 2.27 bits per heavy atom. The van der Waals surface area contributed by atoms with Crippen molar-refractivity contribution in [2.24, 2.45) is 11.0 Å². The molecule has 6 nitrogen and oxygen atoms in total. The Hall–Kier alpha value is -3.38. The Bertz CT molecular complexity index is 1200. The topological polar surface area (TPSA) is 60.4 Å². The highest BCUT2D eigenvalue weighted by Crippen LogP contribution is 2.59. The average molecular weight is 400 g/mol. The van der Waals surface area contributed by atoms with Crippen LogP contribution in [0.25, 0.3) is 10.8 Å². The molecular formula is C24H20N2O4. The second-order valence-corrected chi connectivity index (χ2v) is 7.84. The molecule has 2 bridgehead atoms. The monoisotopic (exact) mass is 400 g/mol. The van der Waals surface area contributed by atoms with Crippen molar-refractivity contribution < 1.29 is 19.0 Å². The van der Waals surface area contributed by atoms with Gasteiger partial charge in [-0.05, 0) is 58.3 Å². The SMILES string of the molecule is COC(=O)C1=NN(c2ccc(OC)cc2)C2C1[C@H]1O[C@@H]2c2cc3ccccc3cc21. The molecule has 30 heavy (non-hydrogen) atoms. The normalized spacial score (nSPS) is 25.8. The lowest BCUT2D eigenvalue weighted by Crippen LogP contribution is -2.38. The lowest BCUT2D eigenvalue weighted by atomic mass is 9.77. The predicted octanol–water partition coefficient (Wildman–Crippen LogP) is 4.01. The summed E-state index contributed by atoms with van der Waals surface area (Å²) in [5.74, 6) is 0.199. The predicted molar refractivity (Wildman–Crippen MR) is 113 cm³/mol. The van der Waals surface area contributed by atoms with Gasteiger partial charge in [0.15, 0.2) is 5.71 Å². The Morgan fingerprint density at radius 2 is 1.63 bits per heavy atom. The summed E-state index contributed by atoms with van der Waals surface area (Å²) < 4.78 is 16.8. The van der Waals surface area contributed by atoms with Crippen LogP contribution in [0.5, 0.6) is 5.75 Å². The van der Waals surface area contributed by atoms with E-state index in [2.05, 4.69) is 24.3 Å². The van der Waals surface area contributed by atoms with Gasteiger partial charge in [0, 0.05) is 0 Å². The van der Waals surface area contributed by atoms with Crippen LogP contribution < -0.4 is 9.75 Å². The zero-order chi connectivity index (χ0) is 20.4. The second kappa shape index (κ2) is 6.31. The van der Waals surface area contributed by atoms with Gasteiger partial charge < -0.3 is 14.2 Å². The molecule has 3 aromatic carbocycles. The van der Waals surface area contributed by atoms with Gasteiger partial charge >= 0.3 is 5.97 Å². The molecule has 0 aromatic heterocycles. The lowest BCUT2D eigenvalue weighted by molar-refractivity contribution is -0.133. The van der Waals surface area contributed by atoms with Crippen LogP contribution in [0.1, 0.15) is 23.3 Å². The number of hydrogen-bond acceptors (Lipinski definition) is 6. The fourth-order valence-corrected chi connectivity index (χ4v) is 5.06. The molecule has 6 heteroatoms. The van der Waals surface area contributed by atoms with Crippen molar-refractivity contribution in [1.29, 1.82) is 0 Å². The smallest absolute Gasteiger partial charge is 0.354 e. The molecule has 2 unspecified atom stereocenters. The van der Waals surface area contributed by atoms with E-state index >= 15 is 0 Å². The Morgan fingerprint density at radius 1 is 0.967 bits per heavy atom. The van der Waals surface area contributed by atoms with E-state index in [1.165, 1.54) is 23.4 Å². The first-order valence-electron chi connectivity index (χ1n) is 9.98. The summed E-state index contributed by atoms with van der Waals surface area (Å²) in [6, 6.07) is 20.3. The molecule has 0 spiro atoms. The number of hydrogen-bond donors (Lipinski definition) is 0. The number of anilines is 1. The summed E-state index contributed by atoms with van der Waals surface area (Å²) >= 11 is 0. The summed E-state index contributed by atoms with van der Waals surface area (Å²) in [5, 5.41) is 8.99. The highest BCUT2D eigenvalue weighted by Gasteiger charge is 2.61. The first-order chi connectivity index (χ1) is 14.7. The van der Waals surface area contributed by atoms with Crippen molar-refractivity contribution in [3.63, 3.8) is 0 Å². The van der Waals surface area contributed by atoms with Gasteiger partial charge in [0.1, 0.15) is 11.9 Å². The van der Waals surface area contributed by atoms with Gasteiger partial charge in [0.2, 0.25) is 0 Å². The summed E-state index contributed by atoms with van der Waals surface area (Å²) in [6.07, 6.45) is -0.367.